The Balaban J connectivity index is 1.17. The number of carbonyl (C=O) groups is 2. The van der Waals surface area contributed by atoms with Gasteiger partial charge in [-0.3, -0.25) is 9.59 Å². The molecule has 0 aromatic heterocycles. The molecule has 10 N–H and O–H groups in total. The van der Waals surface area contributed by atoms with Gasteiger partial charge in [0.15, 0.2) is 0 Å². The number of ether oxygens (including phenoxy) is 4. The molecule has 4 aromatic carbocycles. The Morgan fingerprint density at radius 3 is 1.28 bits per heavy atom. The predicted molar refractivity (Wildman–Crippen MR) is 216 cm³/mol. The lowest BCUT2D eigenvalue weighted by Gasteiger charge is -2.39. The second kappa shape index (κ2) is 20.7. The van der Waals surface area contributed by atoms with E-state index in [9.17, 15) is 60.7 Å². The van der Waals surface area contributed by atoms with E-state index in [-0.39, 0.29) is 24.3 Å². The number of benzene rings is 4. The van der Waals surface area contributed by atoms with Crippen molar-refractivity contribution in [2.45, 2.75) is 106 Å². The normalized spacial score (nSPS) is 26.4. The lowest BCUT2D eigenvalue weighted by Crippen LogP contribution is -2.60. The van der Waals surface area contributed by atoms with Crippen LogP contribution in [-0.2, 0) is 44.7 Å². The van der Waals surface area contributed by atoms with E-state index in [0.717, 1.165) is 30.4 Å². The second-order valence-electron chi connectivity index (χ2n) is 15.4. The van der Waals surface area contributed by atoms with Gasteiger partial charge in [0.25, 0.3) is 0 Å². The van der Waals surface area contributed by atoms with Crippen LogP contribution in [0.15, 0.2) is 84.9 Å². The van der Waals surface area contributed by atoms with Crippen LogP contribution in [0, 0.1) is 0 Å². The minimum atomic E-state index is -1.64. The van der Waals surface area contributed by atoms with Crippen molar-refractivity contribution in [3.05, 3.63) is 107 Å². The lowest BCUT2D eigenvalue weighted by atomic mass is 9.95. The largest absolute Gasteiger partial charge is 0.481 e. The van der Waals surface area contributed by atoms with Gasteiger partial charge in [0.1, 0.15) is 60.3 Å². The van der Waals surface area contributed by atoms with Crippen LogP contribution in [-0.4, -0.2) is 138 Å². The maximum Gasteiger partial charge on any atom is 0.307 e. The van der Waals surface area contributed by atoms with Gasteiger partial charge in [-0.25, -0.2) is 0 Å². The summed E-state index contributed by atoms with van der Waals surface area (Å²) in [6.45, 7) is -1.24. The number of aliphatic hydroxyl groups is 8. The molecule has 16 nitrogen and oxygen atoms in total. The number of hydrogen-bond donors (Lipinski definition) is 10. The third kappa shape index (κ3) is 11.3. The van der Waals surface area contributed by atoms with Crippen molar-refractivity contribution in [1.82, 2.24) is 0 Å². The highest BCUT2D eigenvalue weighted by atomic mass is 16.7. The summed E-state index contributed by atoms with van der Waals surface area (Å²) in [5, 5.41) is 101. The fourth-order valence-electron chi connectivity index (χ4n) is 7.58. The summed E-state index contributed by atoms with van der Waals surface area (Å²) >= 11 is 0. The highest BCUT2D eigenvalue weighted by molar-refractivity contribution is 5.76. The molecule has 2 aliphatic rings. The van der Waals surface area contributed by atoms with Gasteiger partial charge in [0.05, 0.1) is 26.1 Å². The first-order chi connectivity index (χ1) is 29.3. The zero-order valence-corrected chi connectivity index (χ0v) is 33.1. The van der Waals surface area contributed by atoms with Crippen molar-refractivity contribution in [1.29, 1.82) is 0 Å². The Morgan fingerprint density at radius 1 is 0.492 bits per heavy atom. The Labute approximate surface area is 351 Å². The molecule has 6 rings (SSSR count). The first-order valence-corrected chi connectivity index (χ1v) is 20.1. The molecule has 0 aliphatic carbocycles. The lowest BCUT2D eigenvalue weighted by molar-refractivity contribution is -0.277. The Morgan fingerprint density at radius 2 is 0.902 bits per heavy atom. The fraction of sp³-hybridized carbons (Fsp3) is 0.422. The number of unbranched alkanes of at least 4 members (excludes halogenated alkanes) is 2. The minimum absolute atomic E-state index is 0.205. The van der Waals surface area contributed by atoms with Crippen LogP contribution < -0.4 is 9.47 Å². The maximum atomic E-state index is 11.5. The van der Waals surface area contributed by atoms with Crippen LogP contribution in [0.3, 0.4) is 0 Å². The van der Waals surface area contributed by atoms with Crippen molar-refractivity contribution in [2.24, 2.45) is 0 Å². The molecule has 10 atom stereocenters. The van der Waals surface area contributed by atoms with E-state index in [4.69, 9.17) is 18.9 Å². The van der Waals surface area contributed by atoms with Gasteiger partial charge in [0, 0.05) is 11.1 Å². The first-order valence-electron chi connectivity index (χ1n) is 20.1. The summed E-state index contributed by atoms with van der Waals surface area (Å²) in [6.07, 6.45) is -11.5. The Kier molecular flexibility index (Phi) is 15.5. The third-order valence-electron chi connectivity index (χ3n) is 10.9. The predicted octanol–water partition coefficient (Wildman–Crippen LogP) is 1.59. The van der Waals surface area contributed by atoms with Gasteiger partial charge in [-0.05, 0) is 83.3 Å². The van der Waals surface area contributed by atoms with Crippen molar-refractivity contribution >= 4 is 11.9 Å². The monoisotopic (exact) mass is 848 g/mol. The molecule has 0 unspecified atom stereocenters. The zero-order chi connectivity index (χ0) is 43.8. The summed E-state index contributed by atoms with van der Waals surface area (Å²) in [7, 11) is 0. The Hall–Kier alpha value is -4.98. The van der Waals surface area contributed by atoms with Crippen LogP contribution in [0.1, 0.15) is 41.5 Å². The smallest absolute Gasteiger partial charge is 0.307 e. The van der Waals surface area contributed by atoms with Crippen molar-refractivity contribution < 1.29 is 79.6 Å². The minimum Gasteiger partial charge on any atom is -0.481 e. The second-order valence-corrected chi connectivity index (χ2v) is 15.4. The molecule has 61 heavy (non-hydrogen) atoms. The van der Waals surface area contributed by atoms with Gasteiger partial charge in [-0.2, -0.15) is 0 Å². The van der Waals surface area contributed by atoms with Crippen LogP contribution in [0.4, 0.5) is 0 Å². The molecule has 4 aromatic rings. The molecular weight excluding hydrogens is 796 g/mol. The number of carboxylic acids is 2. The fourth-order valence-corrected chi connectivity index (χ4v) is 7.58. The number of hydrogen-bond acceptors (Lipinski definition) is 14. The van der Waals surface area contributed by atoms with Gasteiger partial charge in [0.2, 0.25) is 12.6 Å². The van der Waals surface area contributed by atoms with E-state index in [1.54, 1.807) is 60.7 Å². The van der Waals surface area contributed by atoms with Crippen molar-refractivity contribution in [3.8, 4) is 33.8 Å². The van der Waals surface area contributed by atoms with E-state index in [1.165, 1.54) is 0 Å². The van der Waals surface area contributed by atoms with E-state index >= 15 is 0 Å². The molecule has 2 heterocycles. The van der Waals surface area contributed by atoms with E-state index in [1.807, 2.05) is 24.3 Å². The molecule has 16 heteroatoms. The van der Waals surface area contributed by atoms with Gasteiger partial charge < -0.3 is 70.0 Å². The van der Waals surface area contributed by atoms with Crippen molar-refractivity contribution in [3.63, 3.8) is 0 Å². The first kappa shape index (κ1) is 45.5. The molecular formula is C45H52O16. The summed E-state index contributed by atoms with van der Waals surface area (Å²) in [5.41, 5.74) is 5.43. The summed E-state index contributed by atoms with van der Waals surface area (Å²) < 4.78 is 23.3. The van der Waals surface area contributed by atoms with Crippen molar-refractivity contribution in [2.75, 3.05) is 13.2 Å². The van der Waals surface area contributed by atoms with E-state index < -0.39 is 86.6 Å². The molecule has 328 valence electrons. The number of carboxylic acid groups (broad SMARTS) is 2. The third-order valence-corrected chi connectivity index (χ3v) is 10.9. The van der Waals surface area contributed by atoms with E-state index in [0.29, 0.717) is 46.2 Å². The number of aliphatic carboxylic acids is 2. The summed E-state index contributed by atoms with van der Waals surface area (Å²) in [4.78, 5) is 23.0. The quantitative estimate of drug-likeness (QED) is 0.0637. The van der Waals surface area contributed by atoms with Crippen LogP contribution >= 0.6 is 0 Å². The number of rotatable bonds is 18. The summed E-state index contributed by atoms with van der Waals surface area (Å²) in [5.74, 6) is -1.46. The van der Waals surface area contributed by atoms with Crippen LogP contribution in [0.25, 0.3) is 22.3 Å². The average molecular weight is 849 g/mol. The number of aliphatic hydroxyl groups excluding tert-OH is 8. The SMILES string of the molecule is O=C(O)Cc1cccc(-c2cc(CCCCCc3ccc(O[C@@H]4O[C@H](CO)[C@@H](O)[C@H](O)[C@@H]4O)c(-c4cccc(CC(=O)O)c4)c3)ccc2O[C@@H]2O[C@H](CO)[C@@H](O)[C@H](O)[C@@H]2O)c1. The Bertz CT molecular complexity index is 1960. The molecule has 2 aliphatic heterocycles. The molecule has 0 radical (unpaired) electrons. The van der Waals surface area contributed by atoms with Crippen LogP contribution in [0.5, 0.6) is 11.5 Å². The molecule has 0 spiro atoms. The van der Waals surface area contributed by atoms with Gasteiger partial charge >= 0.3 is 11.9 Å². The molecule has 0 bridgehead atoms. The molecule has 2 saturated heterocycles. The molecule has 0 amide bonds. The standard InChI is InChI=1S/C45H52O16/c46-22-34-38(52)40(54)42(56)44(60-34)58-32-14-12-24(18-30(32)28-10-4-8-26(16-28)20-36(48)49)6-2-1-3-7-25-13-15-33(59-45-43(57)41(55)39(53)35(23-47)61-45)31(19-25)29-11-5-9-27(17-29)21-37(50)51/h4-5,8-19,34-35,38-47,52-57H,1-3,6-7,20-23H2,(H,48,49)(H,50,51)/t34-,35-,38-,39-,40+,41+,42+,43+,44-,45-/m1/s1. The highest BCUT2D eigenvalue weighted by Gasteiger charge is 2.46. The van der Waals surface area contributed by atoms with Gasteiger partial charge in [-0.1, -0.05) is 67.1 Å². The van der Waals surface area contributed by atoms with E-state index in [2.05, 4.69) is 0 Å². The highest BCUT2D eigenvalue weighted by Crippen LogP contribution is 2.37. The molecule has 2 fully saturated rings. The molecule has 0 saturated carbocycles. The zero-order valence-electron chi connectivity index (χ0n) is 33.1. The topological polar surface area (TPSA) is 273 Å². The maximum absolute atomic E-state index is 11.5. The average Bonchev–Trinajstić information content (AvgIpc) is 3.24. The number of aryl methyl sites for hydroxylation is 2. The summed E-state index contributed by atoms with van der Waals surface area (Å²) in [6, 6.07) is 24.8. The van der Waals surface area contributed by atoms with Gasteiger partial charge in [-0.15, -0.1) is 0 Å². The van der Waals surface area contributed by atoms with Crippen LogP contribution in [0.2, 0.25) is 0 Å².